The Bertz CT molecular complexity index is 249. The summed E-state index contributed by atoms with van der Waals surface area (Å²) in [5, 5.41) is 3.68. The molecule has 0 aromatic carbocycles. The molecule has 0 radical (unpaired) electrons. The number of fused-ring (bicyclic) bond motifs is 2. The van der Waals surface area contributed by atoms with Gasteiger partial charge in [0.2, 0.25) is 0 Å². The van der Waals surface area contributed by atoms with Crippen LogP contribution in [0.5, 0.6) is 0 Å². The third-order valence-corrected chi connectivity index (χ3v) is 4.01. The summed E-state index contributed by atoms with van der Waals surface area (Å²) in [6, 6.07) is 0. The van der Waals surface area contributed by atoms with Crippen molar-refractivity contribution in [1.29, 1.82) is 0 Å². The molecule has 0 atom stereocenters. The van der Waals surface area contributed by atoms with Gasteiger partial charge in [0, 0.05) is 16.9 Å². The molecule has 0 aromatic heterocycles. The lowest BCUT2D eigenvalue weighted by molar-refractivity contribution is 0.345. The lowest BCUT2D eigenvalue weighted by Crippen LogP contribution is -2.43. The monoisotopic (exact) mass is 209 g/mol. The van der Waals surface area contributed by atoms with Crippen molar-refractivity contribution in [2.45, 2.75) is 44.6 Å². The molecule has 2 fully saturated rings. The highest BCUT2D eigenvalue weighted by Crippen LogP contribution is 2.47. The van der Waals surface area contributed by atoms with Crippen molar-refractivity contribution in [3.05, 3.63) is 12.2 Å². The molecule has 0 unspecified atom stereocenters. The average Bonchev–Trinajstić information content (AvgIpc) is 2.75. The minimum atomic E-state index is 0.469. The summed E-state index contributed by atoms with van der Waals surface area (Å²) >= 11 is 5.25. The summed E-state index contributed by atoms with van der Waals surface area (Å²) in [6.45, 7) is 2.91. The summed E-state index contributed by atoms with van der Waals surface area (Å²) in [7, 11) is 0. The Hall–Kier alpha value is -0.210. The highest BCUT2D eigenvalue weighted by atomic mass is 32.1. The predicted molar refractivity (Wildman–Crippen MR) is 64.7 cm³/mol. The molecule has 2 heteroatoms. The first-order valence-electron chi connectivity index (χ1n) is 5.65. The number of rotatable bonds is 4. The lowest BCUT2D eigenvalue weighted by Gasteiger charge is -2.28. The Morgan fingerprint density at radius 2 is 2.21 bits per heavy atom. The van der Waals surface area contributed by atoms with Crippen LogP contribution in [0.3, 0.4) is 0 Å². The molecule has 0 saturated heterocycles. The first kappa shape index (κ1) is 10.3. The summed E-state index contributed by atoms with van der Waals surface area (Å²) < 4.78 is 0. The Morgan fingerprint density at radius 3 is 2.71 bits per heavy atom. The predicted octanol–water partition coefficient (Wildman–Crippen LogP) is 2.85. The molecular formula is C12H19NS. The molecule has 2 saturated carbocycles. The fraction of sp³-hybridized carbons (Fsp3) is 0.750. The molecular weight excluding hydrogens is 190 g/mol. The van der Waals surface area contributed by atoms with Crippen LogP contribution >= 0.6 is 12.2 Å². The maximum Gasteiger partial charge on any atom is 0.0313 e. The summed E-state index contributed by atoms with van der Waals surface area (Å²) in [4.78, 5) is 1.04. The zero-order valence-electron chi connectivity index (χ0n) is 8.88. The summed E-state index contributed by atoms with van der Waals surface area (Å²) in [6.07, 6.45) is 11.1. The van der Waals surface area contributed by atoms with Gasteiger partial charge in [0.25, 0.3) is 0 Å². The van der Waals surface area contributed by atoms with Gasteiger partial charge in [-0.2, -0.15) is 0 Å². The van der Waals surface area contributed by atoms with Crippen LogP contribution in [0.2, 0.25) is 0 Å². The van der Waals surface area contributed by atoms with E-state index >= 15 is 0 Å². The van der Waals surface area contributed by atoms with Crippen molar-refractivity contribution in [3.8, 4) is 0 Å². The highest BCUT2D eigenvalue weighted by Gasteiger charge is 2.44. The Labute approximate surface area is 92.0 Å². The summed E-state index contributed by atoms with van der Waals surface area (Å²) in [5.41, 5.74) is 0.469. The van der Waals surface area contributed by atoms with Gasteiger partial charge in [-0.05, 0) is 44.9 Å². The van der Waals surface area contributed by atoms with E-state index in [0.717, 1.165) is 17.3 Å². The van der Waals surface area contributed by atoms with E-state index in [1.807, 2.05) is 19.1 Å². The van der Waals surface area contributed by atoms with Crippen molar-refractivity contribution in [1.82, 2.24) is 5.32 Å². The van der Waals surface area contributed by atoms with E-state index in [-0.39, 0.29) is 0 Å². The molecule has 78 valence electrons. The van der Waals surface area contributed by atoms with Gasteiger partial charge >= 0.3 is 0 Å². The molecule has 2 aliphatic rings. The first-order valence-corrected chi connectivity index (χ1v) is 6.05. The maximum absolute atomic E-state index is 5.25. The van der Waals surface area contributed by atoms with Crippen LogP contribution in [-0.2, 0) is 0 Å². The zero-order valence-corrected chi connectivity index (χ0v) is 9.70. The molecule has 2 bridgehead atoms. The number of allylic oxidation sites excluding steroid dienone is 1. The van der Waals surface area contributed by atoms with Gasteiger partial charge in [-0.1, -0.05) is 24.4 Å². The fourth-order valence-corrected chi connectivity index (χ4v) is 3.17. The van der Waals surface area contributed by atoms with E-state index in [2.05, 4.69) is 5.32 Å². The highest BCUT2D eigenvalue weighted by molar-refractivity contribution is 7.80. The van der Waals surface area contributed by atoms with Crippen LogP contribution in [0.1, 0.15) is 39.0 Å². The van der Waals surface area contributed by atoms with Crippen LogP contribution in [0.15, 0.2) is 12.2 Å². The molecule has 14 heavy (non-hydrogen) atoms. The number of hydrogen-bond acceptors (Lipinski definition) is 2. The number of hydrogen-bond donors (Lipinski definition) is 1. The Morgan fingerprint density at radius 1 is 1.50 bits per heavy atom. The van der Waals surface area contributed by atoms with Crippen molar-refractivity contribution in [3.63, 3.8) is 0 Å². The molecule has 1 N–H and O–H groups in total. The molecule has 2 aliphatic carbocycles. The average molecular weight is 209 g/mol. The minimum absolute atomic E-state index is 0.469. The third-order valence-electron chi connectivity index (χ3n) is 3.73. The van der Waals surface area contributed by atoms with Crippen molar-refractivity contribution in [2.24, 2.45) is 5.92 Å². The van der Waals surface area contributed by atoms with Crippen LogP contribution < -0.4 is 5.32 Å². The topological polar surface area (TPSA) is 12.0 Å². The van der Waals surface area contributed by atoms with Gasteiger partial charge in [0.1, 0.15) is 0 Å². The van der Waals surface area contributed by atoms with Gasteiger partial charge < -0.3 is 5.32 Å². The lowest BCUT2D eigenvalue weighted by atomic mass is 9.94. The van der Waals surface area contributed by atoms with Crippen molar-refractivity contribution < 1.29 is 0 Å². The Balaban J connectivity index is 1.83. The first-order chi connectivity index (χ1) is 6.74. The Kier molecular flexibility index (Phi) is 3.03. The molecule has 2 rings (SSSR count). The summed E-state index contributed by atoms with van der Waals surface area (Å²) in [5.74, 6) is 1.01. The largest absolute Gasteiger partial charge is 0.306 e. The van der Waals surface area contributed by atoms with Crippen molar-refractivity contribution >= 4 is 17.1 Å². The quantitative estimate of drug-likeness (QED) is 0.564. The second-order valence-corrected chi connectivity index (χ2v) is 5.27. The normalized spacial score (nSPS) is 35.6. The molecule has 0 spiro atoms. The van der Waals surface area contributed by atoms with Gasteiger partial charge in [-0.25, -0.2) is 0 Å². The van der Waals surface area contributed by atoms with Crippen LogP contribution in [0.25, 0.3) is 0 Å². The second kappa shape index (κ2) is 4.11. The molecule has 0 amide bonds. The van der Waals surface area contributed by atoms with E-state index in [0.29, 0.717) is 5.54 Å². The van der Waals surface area contributed by atoms with Crippen LogP contribution in [0, 0.1) is 5.92 Å². The van der Waals surface area contributed by atoms with Crippen molar-refractivity contribution in [2.75, 3.05) is 6.54 Å². The zero-order chi connectivity index (χ0) is 10.0. The van der Waals surface area contributed by atoms with Gasteiger partial charge in [-0.15, -0.1) is 0 Å². The molecule has 0 aromatic rings. The number of nitrogens with one attached hydrogen (secondary N) is 1. The van der Waals surface area contributed by atoms with E-state index in [9.17, 15) is 0 Å². The van der Waals surface area contributed by atoms with E-state index < -0.39 is 0 Å². The van der Waals surface area contributed by atoms with Gasteiger partial charge in [0.05, 0.1) is 0 Å². The van der Waals surface area contributed by atoms with E-state index in [1.54, 1.807) is 0 Å². The second-order valence-electron chi connectivity index (χ2n) is 4.75. The van der Waals surface area contributed by atoms with E-state index in [4.69, 9.17) is 12.2 Å². The fourth-order valence-electron chi connectivity index (χ4n) is 2.96. The SMILES string of the molecule is CC=CC(=S)CNC12CCC(CC1)C2. The van der Waals surface area contributed by atoms with Gasteiger partial charge in [-0.3, -0.25) is 0 Å². The van der Waals surface area contributed by atoms with Gasteiger partial charge in [0.15, 0.2) is 0 Å². The minimum Gasteiger partial charge on any atom is -0.306 e. The standard InChI is InChI=1S/C12H19NS/c1-2-3-11(14)9-13-12-6-4-10(8-12)5-7-12/h2-3,10,13H,4-9H2,1H3. The van der Waals surface area contributed by atoms with Crippen LogP contribution in [-0.4, -0.2) is 16.9 Å². The number of thiocarbonyl (C=S) groups is 1. The molecule has 1 nitrogen and oxygen atoms in total. The third kappa shape index (κ3) is 2.06. The van der Waals surface area contributed by atoms with Crippen LogP contribution in [0.4, 0.5) is 0 Å². The smallest absolute Gasteiger partial charge is 0.0313 e. The molecule has 0 aliphatic heterocycles. The molecule has 0 heterocycles. The van der Waals surface area contributed by atoms with E-state index in [1.165, 1.54) is 32.1 Å². The maximum atomic E-state index is 5.25.